The lowest BCUT2D eigenvalue weighted by Crippen LogP contribution is -2.18. The third-order valence-electron chi connectivity index (χ3n) is 3.23. The van der Waals surface area contributed by atoms with Gasteiger partial charge < -0.3 is 10.1 Å². The van der Waals surface area contributed by atoms with Gasteiger partial charge in [-0.05, 0) is 30.7 Å². The third kappa shape index (κ3) is 4.63. The average Bonchev–Trinajstić information content (AvgIpc) is 2.52. The van der Waals surface area contributed by atoms with E-state index in [4.69, 9.17) is 11.2 Å². The van der Waals surface area contributed by atoms with Crippen molar-refractivity contribution in [1.29, 1.82) is 0 Å². The fourth-order valence-electron chi connectivity index (χ4n) is 2.07. The van der Waals surface area contributed by atoms with Crippen molar-refractivity contribution in [3.63, 3.8) is 0 Å². The lowest BCUT2D eigenvalue weighted by Gasteiger charge is -2.16. The summed E-state index contributed by atoms with van der Waals surface area (Å²) in [6.45, 7) is 3.15. The summed E-state index contributed by atoms with van der Waals surface area (Å²) in [4.78, 5) is 0. The molecular formula is C18H18BrNO. The molecule has 0 bridgehead atoms. The topological polar surface area (TPSA) is 21.3 Å². The molecule has 1 atom stereocenters. The van der Waals surface area contributed by atoms with E-state index in [2.05, 4.69) is 52.3 Å². The van der Waals surface area contributed by atoms with Crippen LogP contribution in [0, 0.1) is 12.3 Å². The summed E-state index contributed by atoms with van der Waals surface area (Å²) in [5.74, 6) is 3.32. The van der Waals surface area contributed by atoms with E-state index < -0.39 is 0 Å². The fourth-order valence-corrected chi connectivity index (χ4v) is 2.48. The maximum atomic E-state index is 5.58. The quantitative estimate of drug-likeness (QED) is 0.789. The van der Waals surface area contributed by atoms with E-state index in [0.717, 1.165) is 22.3 Å². The van der Waals surface area contributed by atoms with Gasteiger partial charge in [0.2, 0.25) is 0 Å². The summed E-state index contributed by atoms with van der Waals surface area (Å²) in [6, 6.07) is 16.6. The zero-order valence-corrected chi connectivity index (χ0v) is 13.6. The van der Waals surface area contributed by atoms with Gasteiger partial charge >= 0.3 is 0 Å². The second kappa shape index (κ2) is 7.87. The van der Waals surface area contributed by atoms with Gasteiger partial charge in [-0.15, -0.1) is 6.42 Å². The van der Waals surface area contributed by atoms with Crippen molar-refractivity contribution >= 4 is 15.9 Å². The highest BCUT2D eigenvalue weighted by molar-refractivity contribution is 9.10. The molecule has 2 aromatic carbocycles. The summed E-state index contributed by atoms with van der Waals surface area (Å²) in [6.07, 6.45) is 5.25. The number of halogens is 1. The predicted molar refractivity (Wildman–Crippen MR) is 90.2 cm³/mol. The lowest BCUT2D eigenvalue weighted by molar-refractivity contribution is 0.364. The maximum Gasteiger partial charge on any atom is 0.148 e. The van der Waals surface area contributed by atoms with Crippen LogP contribution in [0.3, 0.4) is 0 Å². The molecule has 0 fully saturated rings. The molecule has 0 aromatic heterocycles. The number of ether oxygens (including phenoxy) is 1. The smallest absolute Gasteiger partial charge is 0.148 e. The Hall–Kier alpha value is -1.76. The highest BCUT2D eigenvalue weighted by Crippen LogP contribution is 2.24. The van der Waals surface area contributed by atoms with Crippen LogP contribution in [0.15, 0.2) is 53.0 Å². The predicted octanol–water partition coefficient (Wildman–Crippen LogP) is 4.31. The number of hydrogen-bond acceptors (Lipinski definition) is 2. The average molecular weight is 344 g/mol. The first kappa shape index (κ1) is 15.6. The summed E-state index contributed by atoms with van der Waals surface area (Å²) >= 11 is 3.49. The number of rotatable bonds is 6. The second-order valence-electron chi connectivity index (χ2n) is 4.76. The van der Waals surface area contributed by atoms with Crippen LogP contribution in [0.5, 0.6) is 5.75 Å². The van der Waals surface area contributed by atoms with E-state index in [1.54, 1.807) is 0 Å². The summed E-state index contributed by atoms with van der Waals surface area (Å²) < 4.78 is 6.61. The zero-order chi connectivity index (χ0) is 15.1. The highest BCUT2D eigenvalue weighted by Gasteiger charge is 2.08. The Labute approximate surface area is 134 Å². The third-order valence-corrected chi connectivity index (χ3v) is 3.73. The van der Waals surface area contributed by atoms with Gasteiger partial charge in [0.25, 0.3) is 0 Å². The van der Waals surface area contributed by atoms with Gasteiger partial charge in [0, 0.05) is 22.6 Å². The molecular weight excluding hydrogens is 326 g/mol. The van der Waals surface area contributed by atoms with Crippen molar-refractivity contribution in [3.8, 4) is 18.1 Å². The zero-order valence-electron chi connectivity index (χ0n) is 12.0. The van der Waals surface area contributed by atoms with Gasteiger partial charge in [0.1, 0.15) is 12.4 Å². The highest BCUT2D eigenvalue weighted by atomic mass is 79.9. The molecule has 0 radical (unpaired) electrons. The van der Waals surface area contributed by atoms with Crippen molar-refractivity contribution in [2.75, 3.05) is 6.61 Å². The van der Waals surface area contributed by atoms with Gasteiger partial charge in [-0.25, -0.2) is 0 Å². The molecule has 0 aliphatic heterocycles. The van der Waals surface area contributed by atoms with Gasteiger partial charge in [-0.1, -0.05) is 52.2 Å². The van der Waals surface area contributed by atoms with Gasteiger partial charge in [0.15, 0.2) is 0 Å². The molecule has 0 heterocycles. The molecule has 2 aromatic rings. The minimum atomic E-state index is 0.269. The largest absolute Gasteiger partial charge is 0.481 e. The van der Waals surface area contributed by atoms with E-state index in [-0.39, 0.29) is 12.6 Å². The van der Waals surface area contributed by atoms with Gasteiger partial charge in [-0.3, -0.25) is 0 Å². The minimum absolute atomic E-state index is 0.269. The van der Waals surface area contributed by atoms with E-state index >= 15 is 0 Å². The van der Waals surface area contributed by atoms with Crippen LogP contribution in [0.25, 0.3) is 0 Å². The van der Waals surface area contributed by atoms with Gasteiger partial charge in [-0.2, -0.15) is 0 Å². The van der Waals surface area contributed by atoms with Crippen molar-refractivity contribution in [2.24, 2.45) is 0 Å². The molecule has 0 spiro atoms. The molecule has 21 heavy (non-hydrogen) atoms. The molecule has 0 amide bonds. The van der Waals surface area contributed by atoms with Crippen LogP contribution in [-0.4, -0.2) is 6.61 Å². The number of nitrogens with one attached hydrogen (secondary N) is 1. The van der Waals surface area contributed by atoms with E-state index in [1.165, 1.54) is 5.56 Å². The number of hydrogen-bond donors (Lipinski definition) is 1. The standard InChI is InChI=1S/C18H18BrNO/c1-3-11-21-18-10-9-17(19)12-16(18)13-20-14(2)15-7-5-4-6-8-15/h1,4-10,12,14,20H,11,13H2,2H3/t14-/m0/s1. The Morgan fingerprint density at radius 2 is 2.00 bits per heavy atom. The van der Waals surface area contributed by atoms with E-state index in [9.17, 15) is 0 Å². The van der Waals surface area contributed by atoms with Gasteiger partial charge in [0.05, 0.1) is 0 Å². The molecule has 0 aliphatic rings. The Morgan fingerprint density at radius 3 is 2.71 bits per heavy atom. The first-order chi connectivity index (χ1) is 10.2. The van der Waals surface area contributed by atoms with Crippen LogP contribution in [0.4, 0.5) is 0 Å². The second-order valence-corrected chi connectivity index (χ2v) is 5.67. The molecule has 0 aliphatic carbocycles. The van der Waals surface area contributed by atoms with Crippen LogP contribution in [-0.2, 0) is 6.54 Å². The Kier molecular flexibility index (Phi) is 5.86. The Morgan fingerprint density at radius 1 is 1.24 bits per heavy atom. The minimum Gasteiger partial charge on any atom is -0.481 e. The van der Waals surface area contributed by atoms with E-state index in [1.807, 2.05) is 30.3 Å². The monoisotopic (exact) mass is 343 g/mol. The normalized spacial score (nSPS) is 11.7. The van der Waals surface area contributed by atoms with Crippen LogP contribution in [0.2, 0.25) is 0 Å². The molecule has 2 nitrogen and oxygen atoms in total. The Bertz CT molecular complexity index is 619. The molecule has 0 saturated heterocycles. The first-order valence-corrected chi connectivity index (χ1v) is 7.63. The first-order valence-electron chi connectivity index (χ1n) is 6.83. The maximum absolute atomic E-state index is 5.58. The van der Waals surface area contributed by atoms with Crippen molar-refractivity contribution in [2.45, 2.75) is 19.5 Å². The SMILES string of the molecule is C#CCOc1ccc(Br)cc1CN[C@@H](C)c1ccccc1. The molecule has 0 saturated carbocycles. The fraction of sp³-hybridized carbons (Fsp3) is 0.222. The Balaban J connectivity index is 2.05. The molecule has 0 unspecified atom stereocenters. The molecule has 2 rings (SSSR count). The van der Waals surface area contributed by atoms with Crippen molar-refractivity contribution < 1.29 is 4.74 Å². The summed E-state index contributed by atoms with van der Waals surface area (Å²) in [5, 5.41) is 3.51. The van der Waals surface area contributed by atoms with Crippen LogP contribution < -0.4 is 10.1 Å². The van der Waals surface area contributed by atoms with Crippen LogP contribution in [0.1, 0.15) is 24.1 Å². The van der Waals surface area contributed by atoms with Crippen molar-refractivity contribution in [1.82, 2.24) is 5.32 Å². The molecule has 1 N–H and O–H groups in total. The van der Waals surface area contributed by atoms with Crippen molar-refractivity contribution in [3.05, 3.63) is 64.1 Å². The van der Waals surface area contributed by atoms with E-state index in [0.29, 0.717) is 0 Å². The summed E-state index contributed by atoms with van der Waals surface area (Å²) in [7, 11) is 0. The summed E-state index contributed by atoms with van der Waals surface area (Å²) in [5.41, 5.74) is 2.35. The molecule has 3 heteroatoms. The number of terminal acetylenes is 1. The lowest BCUT2D eigenvalue weighted by atomic mass is 10.1. The molecule has 108 valence electrons. The number of benzene rings is 2. The van der Waals surface area contributed by atoms with Crippen LogP contribution >= 0.6 is 15.9 Å².